The zero-order valence-corrected chi connectivity index (χ0v) is 11.5. The number of hydrogen-bond donors (Lipinski definition) is 1. The summed E-state index contributed by atoms with van der Waals surface area (Å²) in [5, 5.41) is 0.715. The molecule has 0 aliphatic carbocycles. The first-order chi connectivity index (χ1) is 9.20. The predicted molar refractivity (Wildman–Crippen MR) is 77.4 cm³/mol. The number of nitrogen functional groups attached to an aromatic ring is 1. The van der Waals surface area contributed by atoms with Gasteiger partial charge in [0.15, 0.2) is 0 Å². The summed E-state index contributed by atoms with van der Waals surface area (Å²) in [5.41, 5.74) is 8.31. The molecule has 0 bridgehead atoms. The van der Waals surface area contributed by atoms with Crippen molar-refractivity contribution in [3.05, 3.63) is 58.6 Å². The summed E-state index contributed by atoms with van der Waals surface area (Å²) in [6.07, 6.45) is 0. The highest BCUT2D eigenvalue weighted by molar-refractivity contribution is 6.31. The lowest BCUT2D eigenvalue weighted by atomic mass is 10.2. The van der Waals surface area contributed by atoms with Crippen LogP contribution in [0.15, 0.2) is 42.5 Å². The molecule has 0 spiro atoms. The summed E-state index contributed by atoms with van der Waals surface area (Å²) < 4.78 is 10.9. The smallest absolute Gasteiger partial charge is 0.126 e. The number of anilines is 1. The number of halogens is 1. The lowest BCUT2D eigenvalue weighted by Crippen LogP contribution is -1.98. The van der Waals surface area contributed by atoms with Crippen molar-refractivity contribution in [2.24, 2.45) is 0 Å². The minimum Gasteiger partial charge on any atom is -0.496 e. The SMILES string of the molecule is COc1cc(N)ccc1COCc1ccccc1Cl. The summed E-state index contributed by atoms with van der Waals surface area (Å²) in [4.78, 5) is 0. The summed E-state index contributed by atoms with van der Waals surface area (Å²) in [5.74, 6) is 0.735. The Labute approximate surface area is 117 Å². The lowest BCUT2D eigenvalue weighted by Gasteiger charge is -2.10. The molecular weight excluding hydrogens is 262 g/mol. The summed E-state index contributed by atoms with van der Waals surface area (Å²) in [7, 11) is 1.62. The molecule has 0 atom stereocenters. The maximum atomic E-state index is 6.06. The fourth-order valence-electron chi connectivity index (χ4n) is 1.77. The van der Waals surface area contributed by atoms with E-state index in [1.807, 2.05) is 36.4 Å². The van der Waals surface area contributed by atoms with Gasteiger partial charge in [0, 0.05) is 22.3 Å². The minimum atomic E-state index is 0.453. The first-order valence-electron chi connectivity index (χ1n) is 5.94. The molecule has 19 heavy (non-hydrogen) atoms. The van der Waals surface area contributed by atoms with E-state index in [1.54, 1.807) is 13.2 Å². The number of rotatable bonds is 5. The van der Waals surface area contributed by atoms with E-state index in [9.17, 15) is 0 Å². The van der Waals surface area contributed by atoms with Crippen molar-refractivity contribution >= 4 is 17.3 Å². The highest BCUT2D eigenvalue weighted by Crippen LogP contribution is 2.23. The molecular formula is C15H16ClNO2. The number of nitrogens with two attached hydrogens (primary N) is 1. The van der Waals surface area contributed by atoms with E-state index in [0.29, 0.717) is 23.9 Å². The maximum absolute atomic E-state index is 6.06. The molecule has 2 N–H and O–H groups in total. The van der Waals surface area contributed by atoms with Crippen LogP contribution in [0, 0.1) is 0 Å². The first kappa shape index (κ1) is 13.7. The third kappa shape index (κ3) is 3.63. The van der Waals surface area contributed by atoms with Crippen LogP contribution < -0.4 is 10.5 Å². The molecule has 2 aromatic rings. The second kappa shape index (κ2) is 6.45. The molecule has 0 heterocycles. The van der Waals surface area contributed by atoms with Gasteiger partial charge in [0.25, 0.3) is 0 Å². The average molecular weight is 278 g/mol. The van der Waals surface area contributed by atoms with Gasteiger partial charge in [-0.25, -0.2) is 0 Å². The van der Waals surface area contributed by atoms with E-state index in [4.69, 9.17) is 26.8 Å². The normalized spacial score (nSPS) is 10.4. The zero-order valence-electron chi connectivity index (χ0n) is 10.7. The molecule has 3 nitrogen and oxygen atoms in total. The van der Waals surface area contributed by atoms with Gasteiger partial charge in [-0.2, -0.15) is 0 Å². The highest BCUT2D eigenvalue weighted by atomic mass is 35.5. The molecule has 0 aliphatic heterocycles. The van der Waals surface area contributed by atoms with Crippen molar-refractivity contribution in [1.29, 1.82) is 0 Å². The first-order valence-corrected chi connectivity index (χ1v) is 6.32. The van der Waals surface area contributed by atoms with Crippen LogP contribution in [0.1, 0.15) is 11.1 Å². The van der Waals surface area contributed by atoms with Gasteiger partial charge in [0.1, 0.15) is 5.75 Å². The van der Waals surface area contributed by atoms with E-state index < -0.39 is 0 Å². The van der Waals surface area contributed by atoms with E-state index in [1.165, 1.54) is 0 Å². The van der Waals surface area contributed by atoms with Crippen molar-refractivity contribution in [3.8, 4) is 5.75 Å². The van der Waals surface area contributed by atoms with Crippen LogP contribution in [-0.4, -0.2) is 7.11 Å². The second-order valence-corrected chi connectivity index (χ2v) is 4.56. The fraction of sp³-hybridized carbons (Fsp3) is 0.200. The van der Waals surface area contributed by atoms with E-state index in [-0.39, 0.29) is 0 Å². The standard InChI is InChI=1S/C15H16ClNO2/c1-18-15-8-13(17)7-6-12(15)10-19-9-11-4-2-3-5-14(11)16/h2-8H,9-10,17H2,1H3. The molecule has 4 heteroatoms. The van der Waals surface area contributed by atoms with Gasteiger partial charge in [-0.1, -0.05) is 35.9 Å². The molecule has 0 radical (unpaired) electrons. The quantitative estimate of drug-likeness (QED) is 0.849. The number of hydrogen-bond acceptors (Lipinski definition) is 3. The summed E-state index contributed by atoms with van der Waals surface area (Å²) >= 11 is 6.06. The molecule has 2 rings (SSSR count). The molecule has 0 aromatic heterocycles. The molecule has 2 aromatic carbocycles. The van der Waals surface area contributed by atoms with E-state index >= 15 is 0 Å². The largest absolute Gasteiger partial charge is 0.496 e. The molecule has 0 saturated heterocycles. The third-order valence-corrected chi connectivity index (χ3v) is 3.15. The van der Waals surface area contributed by atoms with Crippen LogP contribution in [0.4, 0.5) is 5.69 Å². The maximum Gasteiger partial charge on any atom is 0.126 e. The Hall–Kier alpha value is -1.71. The summed E-state index contributed by atoms with van der Waals surface area (Å²) in [6.45, 7) is 0.919. The molecule has 0 fully saturated rings. The van der Waals surface area contributed by atoms with Crippen molar-refractivity contribution < 1.29 is 9.47 Å². The Bertz CT molecular complexity index is 558. The van der Waals surface area contributed by atoms with Crippen molar-refractivity contribution in [2.45, 2.75) is 13.2 Å². The Kier molecular flexibility index (Phi) is 4.66. The van der Waals surface area contributed by atoms with Gasteiger partial charge < -0.3 is 15.2 Å². The van der Waals surface area contributed by atoms with Gasteiger partial charge in [-0.15, -0.1) is 0 Å². The fourth-order valence-corrected chi connectivity index (χ4v) is 1.96. The molecule has 0 unspecified atom stereocenters. The van der Waals surface area contributed by atoms with Crippen molar-refractivity contribution in [1.82, 2.24) is 0 Å². The van der Waals surface area contributed by atoms with Crippen LogP contribution in [-0.2, 0) is 18.0 Å². The van der Waals surface area contributed by atoms with E-state index in [2.05, 4.69) is 0 Å². The minimum absolute atomic E-state index is 0.453. The van der Waals surface area contributed by atoms with E-state index in [0.717, 1.165) is 16.9 Å². The van der Waals surface area contributed by atoms with Crippen LogP contribution in [0.2, 0.25) is 5.02 Å². The van der Waals surface area contributed by atoms with Crippen LogP contribution in [0.25, 0.3) is 0 Å². The van der Waals surface area contributed by atoms with Crippen LogP contribution >= 0.6 is 11.6 Å². The lowest BCUT2D eigenvalue weighted by molar-refractivity contribution is 0.105. The van der Waals surface area contributed by atoms with Gasteiger partial charge in [0.2, 0.25) is 0 Å². The molecule has 0 saturated carbocycles. The average Bonchev–Trinajstić information content (AvgIpc) is 2.42. The van der Waals surface area contributed by atoms with Crippen LogP contribution in [0.5, 0.6) is 5.75 Å². The molecule has 100 valence electrons. The van der Waals surface area contributed by atoms with Gasteiger partial charge in [0.05, 0.1) is 20.3 Å². The Morgan fingerprint density at radius 3 is 2.53 bits per heavy atom. The van der Waals surface area contributed by atoms with Crippen molar-refractivity contribution in [2.75, 3.05) is 12.8 Å². The summed E-state index contributed by atoms with van der Waals surface area (Å²) in [6, 6.07) is 13.2. The van der Waals surface area contributed by atoms with Gasteiger partial charge in [-0.3, -0.25) is 0 Å². The second-order valence-electron chi connectivity index (χ2n) is 4.16. The highest BCUT2D eigenvalue weighted by Gasteiger charge is 2.05. The topological polar surface area (TPSA) is 44.5 Å². The van der Waals surface area contributed by atoms with Crippen molar-refractivity contribution in [3.63, 3.8) is 0 Å². The molecule has 0 aliphatic rings. The van der Waals surface area contributed by atoms with Gasteiger partial charge in [-0.05, 0) is 17.7 Å². The third-order valence-electron chi connectivity index (χ3n) is 2.78. The van der Waals surface area contributed by atoms with Gasteiger partial charge >= 0.3 is 0 Å². The number of methoxy groups -OCH3 is 1. The Morgan fingerprint density at radius 1 is 1.05 bits per heavy atom. The van der Waals surface area contributed by atoms with Crippen LogP contribution in [0.3, 0.4) is 0 Å². The molecule has 0 amide bonds. The number of benzene rings is 2. The number of ether oxygens (including phenoxy) is 2. The predicted octanol–water partition coefficient (Wildman–Crippen LogP) is 3.65. The Balaban J connectivity index is 1.98. The zero-order chi connectivity index (χ0) is 13.7. The monoisotopic (exact) mass is 277 g/mol. The Morgan fingerprint density at radius 2 is 1.79 bits per heavy atom.